The maximum atomic E-state index is 13.3. The van der Waals surface area contributed by atoms with Crippen LogP contribution in [0, 0.1) is 5.82 Å². The summed E-state index contributed by atoms with van der Waals surface area (Å²) in [5, 5.41) is -0.0341. The zero-order valence-corrected chi connectivity index (χ0v) is 9.10. The molecule has 0 amide bonds. The Morgan fingerprint density at radius 1 is 1.57 bits per heavy atom. The van der Waals surface area contributed by atoms with Crippen LogP contribution in [0.1, 0.15) is 20.3 Å². The first-order chi connectivity index (χ1) is 6.56. The molecule has 0 bridgehead atoms. The van der Waals surface area contributed by atoms with Crippen molar-refractivity contribution in [1.29, 1.82) is 0 Å². The maximum Gasteiger partial charge on any atom is 0.141 e. The lowest BCUT2D eigenvalue weighted by Crippen LogP contribution is -2.11. The molecule has 2 nitrogen and oxygen atoms in total. The molecular formula is C10H14FNOS. The molecule has 0 fully saturated rings. The normalized spacial score (nSPS) is 15.1. The van der Waals surface area contributed by atoms with E-state index < -0.39 is 16.6 Å². The van der Waals surface area contributed by atoms with E-state index in [1.165, 1.54) is 12.1 Å². The van der Waals surface area contributed by atoms with Crippen molar-refractivity contribution in [2.75, 3.05) is 5.73 Å². The molecule has 0 aliphatic heterocycles. The van der Waals surface area contributed by atoms with E-state index in [-0.39, 0.29) is 10.1 Å². The van der Waals surface area contributed by atoms with Crippen molar-refractivity contribution in [3.8, 4) is 0 Å². The lowest BCUT2D eigenvalue weighted by Gasteiger charge is -2.09. The predicted octanol–water partition coefficient (Wildman–Crippen LogP) is 2.31. The van der Waals surface area contributed by atoms with Gasteiger partial charge in [-0.1, -0.05) is 13.8 Å². The average molecular weight is 215 g/mol. The number of rotatable bonds is 3. The third kappa shape index (κ3) is 2.32. The van der Waals surface area contributed by atoms with E-state index >= 15 is 0 Å². The summed E-state index contributed by atoms with van der Waals surface area (Å²) in [4.78, 5) is 0.244. The Bertz CT molecular complexity index is 354. The highest BCUT2D eigenvalue weighted by Gasteiger charge is 2.15. The van der Waals surface area contributed by atoms with Gasteiger partial charge in [0.2, 0.25) is 0 Å². The summed E-state index contributed by atoms with van der Waals surface area (Å²) in [6.07, 6.45) is 0.760. The smallest absolute Gasteiger partial charge is 0.141 e. The maximum absolute atomic E-state index is 13.3. The fraction of sp³-hybridized carbons (Fsp3) is 0.400. The van der Waals surface area contributed by atoms with Gasteiger partial charge in [0.25, 0.3) is 0 Å². The Labute approximate surface area is 85.8 Å². The van der Waals surface area contributed by atoms with E-state index in [2.05, 4.69) is 0 Å². The van der Waals surface area contributed by atoms with Crippen LogP contribution >= 0.6 is 0 Å². The van der Waals surface area contributed by atoms with Gasteiger partial charge in [-0.3, -0.25) is 4.21 Å². The highest BCUT2D eigenvalue weighted by Crippen LogP contribution is 2.19. The molecule has 1 aromatic rings. The highest BCUT2D eigenvalue weighted by molar-refractivity contribution is 7.85. The van der Waals surface area contributed by atoms with Crippen LogP contribution in [0.5, 0.6) is 0 Å². The molecule has 2 unspecified atom stereocenters. The van der Waals surface area contributed by atoms with Gasteiger partial charge in [0.1, 0.15) is 5.82 Å². The van der Waals surface area contributed by atoms with Crippen LogP contribution in [0.4, 0.5) is 10.1 Å². The van der Waals surface area contributed by atoms with Gasteiger partial charge in [-0.15, -0.1) is 0 Å². The topological polar surface area (TPSA) is 43.1 Å². The second-order valence-electron chi connectivity index (χ2n) is 3.21. The molecule has 0 aliphatic rings. The molecule has 0 saturated carbocycles. The summed E-state index contributed by atoms with van der Waals surface area (Å²) < 4.78 is 25.1. The number of nitrogens with two attached hydrogens (primary N) is 1. The number of hydrogen-bond acceptors (Lipinski definition) is 2. The molecule has 0 spiro atoms. The van der Waals surface area contributed by atoms with Gasteiger partial charge in [-0.2, -0.15) is 0 Å². The summed E-state index contributed by atoms with van der Waals surface area (Å²) in [5.41, 5.74) is 5.75. The van der Waals surface area contributed by atoms with Gasteiger partial charge in [0, 0.05) is 10.9 Å². The van der Waals surface area contributed by atoms with Crippen LogP contribution in [0.15, 0.2) is 23.1 Å². The molecule has 2 N–H and O–H groups in total. The van der Waals surface area contributed by atoms with Gasteiger partial charge in [-0.05, 0) is 24.6 Å². The molecule has 0 aromatic heterocycles. The minimum absolute atomic E-state index is 0.0341. The van der Waals surface area contributed by atoms with E-state index in [1.807, 2.05) is 13.8 Å². The molecular weight excluding hydrogens is 201 g/mol. The van der Waals surface area contributed by atoms with Crippen LogP contribution in [0.2, 0.25) is 0 Å². The van der Waals surface area contributed by atoms with Crippen LogP contribution in [0.3, 0.4) is 0 Å². The average Bonchev–Trinajstić information content (AvgIpc) is 2.15. The van der Waals surface area contributed by atoms with Crippen molar-refractivity contribution in [1.82, 2.24) is 0 Å². The number of hydrogen-bond donors (Lipinski definition) is 1. The minimum Gasteiger partial charge on any atom is -0.399 e. The Morgan fingerprint density at radius 3 is 2.71 bits per heavy atom. The van der Waals surface area contributed by atoms with E-state index in [1.54, 1.807) is 6.07 Å². The summed E-state index contributed by atoms with van der Waals surface area (Å²) in [6.45, 7) is 3.77. The second kappa shape index (κ2) is 4.55. The van der Waals surface area contributed by atoms with Gasteiger partial charge in [0.15, 0.2) is 0 Å². The van der Waals surface area contributed by atoms with Gasteiger partial charge < -0.3 is 5.73 Å². The molecule has 0 saturated heterocycles. The molecule has 4 heteroatoms. The molecule has 0 radical (unpaired) electrons. The van der Waals surface area contributed by atoms with Gasteiger partial charge >= 0.3 is 0 Å². The lowest BCUT2D eigenvalue weighted by molar-refractivity contribution is 0.593. The first kappa shape index (κ1) is 11.2. The summed E-state index contributed by atoms with van der Waals surface area (Å²) in [5.74, 6) is -0.483. The number of anilines is 1. The Kier molecular flexibility index (Phi) is 3.63. The molecule has 14 heavy (non-hydrogen) atoms. The third-order valence-corrected chi connectivity index (χ3v) is 3.94. The van der Waals surface area contributed by atoms with Crippen molar-refractivity contribution in [3.05, 3.63) is 24.0 Å². The van der Waals surface area contributed by atoms with Gasteiger partial charge in [-0.25, -0.2) is 4.39 Å². The lowest BCUT2D eigenvalue weighted by atomic mass is 10.3. The van der Waals surface area contributed by atoms with E-state index in [4.69, 9.17) is 5.73 Å². The second-order valence-corrected chi connectivity index (χ2v) is 5.05. The van der Waals surface area contributed by atoms with Gasteiger partial charge in [0.05, 0.1) is 15.7 Å². The van der Waals surface area contributed by atoms with E-state index in [9.17, 15) is 8.60 Å². The fourth-order valence-corrected chi connectivity index (χ4v) is 2.24. The number of halogens is 1. The largest absolute Gasteiger partial charge is 0.399 e. The quantitative estimate of drug-likeness (QED) is 0.786. The van der Waals surface area contributed by atoms with E-state index in [0.717, 1.165) is 6.42 Å². The number of nitrogen functional groups attached to an aromatic ring is 1. The van der Waals surface area contributed by atoms with E-state index in [0.29, 0.717) is 5.69 Å². The first-order valence-corrected chi connectivity index (χ1v) is 5.73. The highest BCUT2D eigenvalue weighted by atomic mass is 32.2. The van der Waals surface area contributed by atoms with Crippen LogP contribution in [-0.4, -0.2) is 9.46 Å². The fourth-order valence-electron chi connectivity index (χ4n) is 1.05. The van der Waals surface area contributed by atoms with Crippen molar-refractivity contribution in [2.24, 2.45) is 0 Å². The van der Waals surface area contributed by atoms with Crippen molar-refractivity contribution in [2.45, 2.75) is 30.4 Å². The Balaban J connectivity index is 3.02. The van der Waals surface area contributed by atoms with Crippen molar-refractivity contribution < 1.29 is 8.60 Å². The molecule has 0 heterocycles. The standard InChI is InChI=1S/C10H14FNOS/c1-3-7(2)14(13)10-5-4-8(12)6-9(10)11/h4-7H,3,12H2,1-2H3. The first-order valence-electron chi connectivity index (χ1n) is 4.51. The predicted molar refractivity (Wildman–Crippen MR) is 57.0 cm³/mol. The summed E-state index contributed by atoms with van der Waals surface area (Å²) in [6, 6.07) is 4.27. The van der Waals surface area contributed by atoms with Crippen LogP contribution < -0.4 is 5.73 Å². The summed E-state index contributed by atoms with van der Waals surface area (Å²) in [7, 11) is -1.28. The zero-order chi connectivity index (χ0) is 10.7. The van der Waals surface area contributed by atoms with Crippen molar-refractivity contribution in [3.63, 3.8) is 0 Å². The van der Waals surface area contributed by atoms with Crippen molar-refractivity contribution >= 4 is 16.5 Å². The minimum atomic E-state index is -1.28. The summed E-state index contributed by atoms with van der Waals surface area (Å²) >= 11 is 0. The Hall–Kier alpha value is -0.900. The number of benzene rings is 1. The molecule has 78 valence electrons. The molecule has 0 aliphatic carbocycles. The molecule has 1 aromatic carbocycles. The van der Waals surface area contributed by atoms with Crippen LogP contribution in [-0.2, 0) is 10.8 Å². The zero-order valence-electron chi connectivity index (χ0n) is 8.29. The molecule has 1 rings (SSSR count). The molecule has 2 atom stereocenters. The monoisotopic (exact) mass is 215 g/mol. The van der Waals surface area contributed by atoms with Crippen LogP contribution in [0.25, 0.3) is 0 Å². The third-order valence-electron chi connectivity index (χ3n) is 2.11. The Morgan fingerprint density at radius 2 is 2.21 bits per heavy atom. The SMILES string of the molecule is CCC(C)S(=O)c1ccc(N)cc1F.